The predicted octanol–water partition coefficient (Wildman–Crippen LogP) is -0.643. The molecule has 0 aromatic heterocycles. The number of carbonyl (C=O) groups excluding carboxylic acids is 1. The van der Waals surface area contributed by atoms with E-state index in [1.807, 2.05) is 6.92 Å². The van der Waals surface area contributed by atoms with Gasteiger partial charge < -0.3 is 15.4 Å². The topological polar surface area (TPSA) is 50.4 Å². The van der Waals surface area contributed by atoms with Crippen LogP contribution in [0, 0.1) is 0 Å². The van der Waals surface area contributed by atoms with E-state index in [4.69, 9.17) is 4.74 Å². The third-order valence-electron chi connectivity index (χ3n) is 1.16. The Morgan fingerprint density at radius 1 is 1.64 bits per heavy atom. The minimum absolute atomic E-state index is 0.00273. The van der Waals surface area contributed by atoms with Gasteiger partial charge in [0.1, 0.15) is 0 Å². The van der Waals surface area contributed by atoms with Crippen molar-refractivity contribution in [3.8, 4) is 0 Å². The maximum absolute atomic E-state index is 10.9. The van der Waals surface area contributed by atoms with Gasteiger partial charge in [-0.1, -0.05) is 0 Å². The predicted molar refractivity (Wildman–Crippen MR) is 43.4 cm³/mol. The zero-order valence-electron chi connectivity index (χ0n) is 7.31. The average Bonchev–Trinajstić information content (AvgIpc) is 1.87. The van der Waals surface area contributed by atoms with Gasteiger partial charge in [-0.3, -0.25) is 4.79 Å². The fraction of sp³-hybridized carbons (Fsp3) is 0.857. The van der Waals surface area contributed by atoms with Crippen LogP contribution >= 0.6 is 0 Å². The third kappa shape index (κ3) is 5.82. The monoisotopic (exact) mass is 160 g/mol. The van der Waals surface area contributed by atoms with Gasteiger partial charge in [-0.15, -0.1) is 0 Å². The third-order valence-corrected chi connectivity index (χ3v) is 1.16. The Kier molecular flexibility index (Phi) is 5.78. The van der Waals surface area contributed by atoms with Crippen LogP contribution in [-0.2, 0) is 9.53 Å². The molecule has 0 radical (unpaired) electrons. The van der Waals surface area contributed by atoms with Crippen LogP contribution < -0.4 is 10.6 Å². The molecule has 0 aromatic rings. The first kappa shape index (κ1) is 10.4. The standard InChI is InChI=1S/C7H16N2O2/c1-6(5-11-3)9-7(10)4-8-2/h6,8H,4-5H2,1-3H3,(H,9,10)/t6-/m1/s1. The fourth-order valence-electron chi connectivity index (χ4n) is 0.778. The lowest BCUT2D eigenvalue weighted by Crippen LogP contribution is -2.40. The Bertz CT molecular complexity index is 117. The molecule has 0 bridgehead atoms. The van der Waals surface area contributed by atoms with Crippen molar-refractivity contribution in [2.75, 3.05) is 27.3 Å². The quantitative estimate of drug-likeness (QED) is 0.562. The summed E-state index contributed by atoms with van der Waals surface area (Å²) >= 11 is 0. The summed E-state index contributed by atoms with van der Waals surface area (Å²) in [6.07, 6.45) is 0. The number of amides is 1. The largest absolute Gasteiger partial charge is 0.383 e. The first-order valence-corrected chi connectivity index (χ1v) is 3.63. The molecule has 2 N–H and O–H groups in total. The lowest BCUT2D eigenvalue weighted by molar-refractivity contribution is -0.121. The molecule has 0 fully saturated rings. The number of methoxy groups -OCH3 is 1. The van der Waals surface area contributed by atoms with Gasteiger partial charge in [0.25, 0.3) is 0 Å². The van der Waals surface area contributed by atoms with E-state index in [0.717, 1.165) is 0 Å². The van der Waals surface area contributed by atoms with Crippen LogP contribution in [0.15, 0.2) is 0 Å². The molecule has 11 heavy (non-hydrogen) atoms. The molecule has 0 rings (SSSR count). The molecule has 0 aromatic carbocycles. The van der Waals surface area contributed by atoms with Crippen molar-refractivity contribution in [2.24, 2.45) is 0 Å². The summed E-state index contributed by atoms with van der Waals surface area (Å²) < 4.78 is 4.85. The number of hydrogen-bond donors (Lipinski definition) is 2. The van der Waals surface area contributed by atoms with Crippen LogP contribution in [0.3, 0.4) is 0 Å². The van der Waals surface area contributed by atoms with E-state index in [9.17, 15) is 4.79 Å². The van der Waals surface area contributed by atoms with Gasteiger partial charge in [0, 0.05) is 13.2 Å². The van der Waals surface area contributed by atoms with Crippen molar-refractivity contribution in [3.05, 3.63) is 0 Å². The summed E-state index contributed by atoms with van der Waals surface area (Å²) in [6.45, 7) is 2.81. The van der Waals surface area contributed by atoms with E-state index >= 15 is 0 Å². The maximum atomic E-state index is 10.9. The normalized spacial score (nSPS) is 12.6. The maximum Gasteiger partial charge on any atom is 0.234 e. The van der Waals surface area contributed by atoms with Crippen molar-refractivity contribution in [3.63, 3.8) is 0 Å². The summed E-state index contributed by atoms with van der Waals surface area (Å²) in [5.41, 5.74) is 0. The molecule has 0 heterocycles. The molecule has 0 aliphatic rings. The van der Waals surface area contributed by atoms with E-state index in [-0.39, 0.29) is 11.9 Å². The van der Waals surface area contributed by atoms with Gasteiger partial charge in [-0.05, 0) is 14.0 Å². The molecular formula is C7H16N2O2. The first-order chi connectivity index (χ1) is 5.20. The van der Waals surface area contributed by atoms with E-state index < -0.39 is 0 Å². The van der Waals surface area contributed by atoms with Gasteiger partial charge in [-0.2, -0.15) is 0 Å². The Morgan fingerprint density at radius 3 is 2.73 bits per heavy atom. The zero-order chi connectivity index (χ0) is 8.69. The van der Waals surface area contributed by atoms with Crippen molar-refractivity contribution >= 4 is 5.91 Å². The Labute approximate surface area is 67.3 Å². The van der Waals surface area contributed by atoms with Crippen LogP contribution in [0.1, 0.15) is 6.92 Å². The Hall–Kier alpha value is -0.610. The zero-order valence-corrected chi connectivity index (χ0v) is 7.31. The second-order valence-electron chi connectivity index (χ2n) is 2.45. The summed E-state index contributed by atoms with van der Waals surface area (Å²) in [4.78, 5) is 10.9. The highest BCUT2D eigenvalue weighted by Crippen LogP contribution is 1.80. The van der Waals surface area contributed by atoms with E-state index in [1.54, 1.807) is 14.2 Å². The van der Waals surface area contributed by atoms with Gasteiger partial charge in [-0.25, -0.2) is 0 Å². The fourth-order valence-corrected chi connectivity index (χ4v) is 0.778. The minimum Gasteiger partial charge on any atom is -0.383 e. The molecule has 66 valence electrons. The van der Waals surface area contributed by atoms with Gasteiger partial charge in [0.15, 0.2) is 0 Å². The molecule has 0 aliphatic heterocycles. The first-order valence-electron chi connectivity index (χ1n) is 3.63. The number of rotatable bonds is 5. The molecule has 0 unspecified atom stereocenters. The Balaban J connectivity index is 3.40. The lowest BCUT2D eigenvalue weighted by atomic mass is 10.3. The summed E-state index contributed by atoms with van der Waals surface area (Å²) in [7, 11) is 3.35. The van der Waals surface area contributed by atoms with Gasteiger partial charge in [0.05, 0.1) is 13.2 Å². The summed E-state index contributed by atoms with van der Waals surface area (Å²) in [5.74, 6) is -0.00273. The van der Waals surface area contributed by atoms with Gasteiger partial charge in [0.2, 0.25) is 5.91 Å². The highest BCUT2D eigenvalue weighted by atomic mass is 16.5. The van der Waals surface area contributed by atoms with E-state index in [2.05, 4.69) is 10.6 Å². The van der Waals surface area contributed by atoms with Crippen molar-refractivity contribution in [1.82, 2.24) is 10.6 Å². The Morgan fingerprint density at radius 2 is 2.27 bits per heavy atom. The van der Waals surface area contributed by atoms with E-state index in [0.29, 0.717) is 13.2 Å². The minimum atomic E-state index is -0.00273. The molecule has 0 saturated heterocycles. The number of ether oxygens (including phenoxy) is 1. The molecule has 0 aliphatic carbocycles. The molecule has 4 heteroatoms. The lowest BCUT2D eigenvalue weighted by Gasteiger charge is -2.11. The molecule has 1 atom stereocenters. The average molecular weight is 160 g/mol. The highest BCUT2D eigenvalue weighted by Gasteiger charge is 2.04. The molecule has 0 saturated carbocycles. The van der Waals surface area contributed by atoms with Crippen LogP contribution in [0.25, 0.3) is 0 Å². The van der Waals surface area contributed by atoms with Crippen LogP contribution in [-0.4, -0.2) is 39.3 Å². The molecule has 0 spiro atoms. The number of hydrogen-bond acceptors (Lipinski definition) is 3. The second-order valence-corrected chi connectivity index (χ2v) is 2.45. The van der Waals surface area contributed by atoms with Crippen molar-refractivity contribution in [1.29, 1.82) is 0 Å². The van der Waals surface area contributed by atoms with E-state index in [1.165, 1.54) is 0 Å². The SMILES string of the molecule is CNCC(=O)N[C@H](C)COC. The molecule has 4 nitrogen and oxygen atoms in total. The summed E-state index contributed by atoms with van der Waals surface area (Å²) in [5, 5.41) is 5.52. The van der Waals surface area contributed by atoms with Crippen molar-refractivity contribution in [2.45, 2.75) is 13.0 Å². The van der Waals surface area contributed by atoms with Gasteiger partial charge >= 0.3 is 0 Å². The summed E-state index contributed by atoms with van der Waals surface area (Å²) in [6, 6.07) is 0.0841. The molecular weight excluding hydrogens is 144 g/mol. The number of nitrogens with one attached hydrogen (secondary N) is 2. The molecule has 1 amide bonds. The number of carbonyl (C=O) groups is 1. The van der Waals surface area contributed by atoms with Crippen LogP contribution in [0.4, 0.5) is 0 Å². The van der Waals surface area contributed by atoms with Crippen molar-refractivity contribution < 1.29 is 9.53 Å². The highest BCUT2D eigenvalue weighted by molar-refractivity contribution is 5.78. The van der Waals surface area contributed by atoms with Crippen LogP contribution in [0.2, 0.25) is 0 Å². The smallest absolute Gasteiger partial charge is 0.234 e. The second kappa shape index (κ2) is 6.12. The number of likely N-dealkylation sites (N-methyl/N-ethyl adjacent to an activating group) is 1. The van der Waals surface area contributed by atoms with Crippen LogP contribution in [0.5, 0.6) is 0 Å².